The minimum absolute atomic E-state index is 0.0910. The van der Waals surface area contributed by atoms with E-state index < -0.39 is 5.97 Å². The van der Waals surface area contributed by atoms with Crippen molar-refractivity contribution in [2.45, 2.75) is 18.7 Å². The normalized spacial score (nSPS) is 15.4. The highest BCUT2D eigenvalue weighted by Gasteiger charge is 2.29. The standard InChI is InChI=1S/C18H22N2O4S2/c1-3-24-18(23)10-17-20(16(22)12-26-17)11-15(21)19-8-9-25-14-6-4-13(2)5-7-14/h4-7,10H,3,8-9,11-12H2,1-2H3,(H,19,21)/b17-10-. The molecule has 1 fully saturated rings. The zero-order valence-electron chi connectivity index (χ0n) is 14.8. The van der Waals surface area contributed by atoms with Crippen LogP contribution in [-0.4, -0.2) is 53.9 Å². The maximum Gasteiger partial charge on any atom is 0.333 e. The molecule has 1 aliphatic rings. The monoisotopic (exact) mass is 394 g/mol. The number of aryl methyl sites for hydroxylation is 1. The summed E-state index contributed by atoms with van der Waals surface area (Å²) < 4.78 is 4.85. The Labute approximate surface area is 161 Å². The molecule has 1 saturated heterocycles. The highest BCUT2D eigenvalue weighted by Crippen LogP contribution is 2.28. The minimum Gasteiger partial charge on any atom is -0.463 e. The summed E-state index contributed by atoms with van der Waals surface area (Å²) in [5.41, 5.74) is 1.21. The molecule has 1 heterocycles. The van der Waals surface area contributed by atoms with Crippen molar-refractivity contribution in [3.63, 3.8) is 0 Å². The molecule has 0 unspecified atom stereocenters. The van der Waals surface area contributed by atoms with Crippen molar-refractivity contribution in [2.24, 2.45) is 0 Å². The van der Waals surface area contributed by atoms with Crippen molar-refractivity contribution in [1.29, 1.82) is 0 Å². The predicted octanol–water partition coefficient (Wildman–Crippen LogP) is 2.18. The average Bonchev–Trinajstić information content (AvgIpc) is 2.93. The predicted molar refractivity (Wildman–Crippen MR) is 104 cm³/mol. The summed E-state index contributed by atoms with van der Waals surface area (Å²) in [6.45, 7) is 4.43. The molecule has 1 aromatic carbocycles. The molecule has 2 amide bonds. The molecule has 0 aromatic heterocycles. The molecule has 1 N–H and O–H groups in total. The molecule has 1 aromatic rings. The van der Waals surface area contributed by atoms with Crippen molar-refractivity contribution in [1.82, 2.24) is 10.2 Å². The summed E-state index contributed by atoms with van der Waals surface area (Å²) in [6, 6.07) is 8.20. The molecule has 2 rings (SSSR count). The molecule has 140 valence electrons. The fourth-order valence-electron chi connectivity index (χ4n) is 2.18. The quantitative estimate of drug-likeness (QED) is 0.315. The Balaban J connectivity index is 1.77. The third-order valence-electron chi connectivity index (χ3n) is 3.45. The Kier molecular flexibility index (Phi) is 8.06. The van der Waals surface area contributed by atoms with E-state index in [4.69, 9.17) is 4.74 Å². The molecule has 6 nitrogen and oxygen atoms in total. The molecule has 0 bridgehead atoms. The molecule has 0 aliphatic carbocycles. The van der Waals surface area contributed by atoms with E-state index in [1.165, 1.54) is 28.3 Å². The van der Waals surface area contributed by atoms with Crippen LogP contribution in [0.25, 0.3) is 0 Å². The van der Waals surface area contributed by atoms with Gasteiger partial charge in [0.05, 0.1) is 23.5 Å². The number of rotatable bonds is 8. The van der Waals surface area contributed by atoms with Crippen LogP contribution >= 0.6 is 23.5 Å². The molecule has 0 atom stereocenters. The van der Waals surface area contributed by atoms with E-state index >= 15 is 0 Å². The number of nitrogens with zero attached hydrogens (tertiary/aromatic N) is 1. The maximum absolute atomic E-state index is 12.1. The van der Waals surface area contributed by atoms with Crippen molar-refractivity contribution >= 4 is 41.3 Å². The van der Waals surface area contributed by atoms with Crippen molar-refractivity contribution in [3.05, 3.63) is 40.9 Å². The Morgan fingerprint density at radius 1 is 1.35 bits per heavy atom. The van der Waals surface area contributed by atoms with Crippen molar-refractivity contribution in [3.8, 4) is 0 Å². The van der Waals surface area contributed by atoms with Gasteiger partial charge >= 0.3 is 5.97 Å². The van der Waals surface area contributed by atoms with Crippen LogP contribution in [0.4, 0.5) is 0 Å². The first-order valence-electron chi connectivity index (χ1n) is 8.27. The molecule has 8 heteroatoms. The van der Waals surface area contributed by atoms with E-state index in [9.17, 15) is 14.4 Å². The van der Waals surface area contributed by atoms with Crippen LogP contribution in [0.2, 0.25) is 0 Å². The number of benzene rings is 1. The topological polar surface area (TPSA) is 75.7 Å². The minimum atomic E-state index is -0.510. The Morgan fingerprint density at radius 2 is 2.08 bits per heavy atom. The molecule has 1 aliphatic heterocycles. The number of nitrogens with one attached hydrogen (secondary N) is 1. The average molecular weight is 395 g/mol. The number of amides is 2. The smallest absolute Gasteiger partial charge is 0.333 e. The molecule has 0 saturated carbocycles. The van der Waals surface area contributed by atoms with Gasteiger partial charge in [0.1, 0.15) is 6.54 Å². The van der Waals surface area contributed by atoms with E-state index in [0.717, 1.165) is 10.6 Å². The van der Waals surface area contributed by atoms with E-state index in [1.54, 1.807) is 18.7 Å². The van der Waals surface area contributed by atoms with Gasteiger partial charge in [0.25, 0.3) is 0 Å². The fourth-order valence-corrected chi connectivity index (χ4v) is 3.88. The number of esters is 1. The Morgan fingerprint density at radius 3 is 2.77 bits per heavy atom. The first-order valence-corrected chi connectivity index (χ1v) is 10.2. The zero-order valence-corrected chi connectivity index (χ0v) is 16.5. The summed E-state index contributed by atoms with van der Waals surface area (Å²) in [5, 5.41) is 3.26. The third kappa shape index (κ3) is 6.42. The summed E-state index contributed by atoms with van der Waals surface area (Å²) in [4.78, 5) is 38.0. The van der Waals surface area contributed by atoms with Gasteiger partial charge in [-0.2, -0.15) is 0 Å². The van der Waals surface area contributed by atoms with Crippen molar-refractivity contribution < 1.29 is 19.1 Å². The number of hydrogen-bond donors (Lipinski definition) is 1. The lowest BCUT2D eigenvalue weighted by atomic mass is 10.2. The van der Waals surface area contributed by atoms with Crippen LogP contribution in [-0.2, 0) is 19.1 Å². The number of ether oxygens (including phenoxy) is 1. The molecule has 26 heavy (non-hydrogen) atoms. The van der Waals surface area contributed by atoms with Gasteiger partial charge in [-0.3, -0.25) is 14.5 Å². The van der Waals surface area contributed by atoms with Crippen LogP contribution < -0.4 is 5.32 Å². The summed E-state index contributed by atoms with van der Waals surface area (Å²) in [6.07, 6.45) is 1.26. The first-order chi connectivity index (χ1) is 12.5. The fraction of sp³-hybridized carbons (Fsp3) is 0.389. The Bertz CT molecular complexity index is 689. The van der Waals surface area contributed by atoms with E-state index in [-0.39, 0.29) is 30.7 Å². The highest BCUT2D eigenvalue weighted by molar-refractivity contribution is 8.04. The van der Waals surface area contributed by atoms with E-state index in [2.05, 4.69) is 17.4 Å². The number of carbonyl (C=O) groups excluding carboxylic acids is 3. The largest absolute Gasteiger partial charge is 0.463 e. The second kappa shape index (κ2) is 10.3. The highest BCUT2D eigenvalue weighted by atomic mass is 32.2. The molecular formula is C18H22N2O4S2. The van der Waals surface area contributed by atoms with Crippen LogP contribution in [0.3, 0.4) is 0 Å². The summed E-state index contributed by atoms with van der Waals surface area (Å²) in [7, 11) is 0. The molecule has 0 spiro atoms. The van der Waals surface area contributed by atoms with Gasteiger partial charge in [-0.1, -0.05) is 29.5 Å². The lowest BCUT2D eigenvalue weighted by Crippen LogP contribution is -2.38. The van der Waals surface area contributed by atoms with Gasteiger partial charge in [0.2, 0.25) is 11.8 Å². The van der Waals surface area contributed by atoms with E-state index in [1.807, 2.05) is 19.1 Å². The lowest BCUT2D eigenvalue weighted by Gasteiger charge is -2.16. The maximum atomic E-state index is 12.1. The molecular weight excluding hydrogens is 372 g/mol. The SMILES string of the molecule is CCOC(=O)/C=C1\SCC(=O)N1CC(=O)NCCSc1ccc(C)cc1. The van der Waals surface area contributed by atoms with Gasteiger partial charge in [-0.15, -0.1) is 11.8 Å². The van der Waals surface area contributed by atoms with Crippen LogP contribution in [0.1, 0.15) is 12.5 Å². The second-order valence-corrected chi connectivity index (χ2v) is 7.68. The zero-order chi connectivity index (χ0) is 18.9. The van der Waals surface area contributed by atoms with E-state index in [0.29, 0.717) is 11.6 Å². The van der Waals surface area contributed by atoms with Gasteiger partial charge in [0.15, 0.2) is 0 Å². The van der Waals surface area contributed by atoms with Crippen LogP contribution in [0, 0.1) is 6.92 Å². The van der Waals surface area contributed by atoms with Crippen LogP contribution in [0.5, 0.6) is 0 Å². The summed E-state index contributed by atoms with van der Waals surface area (Å²) in [5.74, 6) is 0.0182. The lowest BCUT2D eigenvalue weighted by molar-refractivity contribution is -0.137. The number of carbonyl (C=O) groups is 3. The van der Waals surface area contributed by atoms with Gasteiger partial charge in [-0.05, 0) is 26.0 Å². The third-order valence-corrected chi connectivity index (χ3v) is 5.49. The van der Waals surface area contributed by atoms with Gasteiger partial charge < -0.3 is 10.1 Å². The second-order valence-electron chi connectivity index (χ2n) is 5.51. The van der Waals surface area contributed by atoms with Crippen LogP contribution in [0.15, 0.2) is 40.3 Å². The van der Waals surface area contributed by atoms with Crippen molar-refractivity contribution in [2.75, 3.05) is 31.2 Å². The summed E-state index contributed by atoms with van der Waals surface area (Å²) >= 11 is 2.89. The first kappa shape index (κ1) is 20.4. The molecule has 0 radical (unpaired) electrons. The Hall–Kier alpha value is -1.93. The van der Waals surface area contributed by atoms with Gasteiger partial charge in [-0.25, -0.2) is 4.79 Å². The van der Waals surface area contributed by atoms with Gasteiger partial charge in [0, 0.05) is 17.2 Å². The number of thioether (sulfide) groups is 2. The number of hydrogen-bond acceptors (Lipinski definition) is 6.